The largest absolute Gasteiger partial charge is 0.481 e. The van der Waals surface area contributed by atoms with Gasteiger partial charge < -0.3 is 20.5 Å². The maximum absolute atomic E-state index is 12.6. The summed E-state index contributed by atoms with van der Waals surface area (Å²) in [6.45, 7) is 0. The van der Waals surface area contributed by atoms with E-state index < -0.39 is 0 Å². The lowest BCUT2D eigenvalue weighted by Gasteiger charge is -2.26. The highest BCUT2D eigenvalue weighted by Crippen LogP contribution is 2.22. The zero-order valence-corrected chi connectivity index (χ0v) is 16.1. The summed E-state index contributed by atoms with van der Waals surface area (Å²) in [6, 6.07) is 9.00. The van der Waals surface area contributed by atoms with Gasteiger partial charge in [0.1, 0.15) is 0 Å². The third-order valence-corrected chi connectivity index (χ3v) is 5.08. The highest BCUT2D eigenvalue weighted by molar-refractivity contribution is 6.06. The Labute approximate surface area is 168 Å². The number of aliphatic hydroxyl groups excluding tert-OH is 1. The van der Waals surface area contributed by atoms with Crippen LogP contribution in [-0.4, -0.2) is 45.2 Å². The van der Waals surface area contributed by atoms with Crippen LogP contribution in [0.15, 0.2) is 42.7 Å². The van der Waals surface area contributed by atoms with Crippen LogP contribution in [0.4, 0.5) is 11.6 Å². The number of carbonyl (C=O) groups is 1. The van der Waals surface area contributed by atoms with E-state index in [-0.39, 0.29) is 18.1 Å². The fourth-order valence-electron chi connectivity index (χ4n) is 3.42. The molecule has 8 heteroatoms. The smallest absolute Gasteiger partial charge is 0.255 e. The van der Waals surface area contributed by atoms with Gasteiger partial charge in [0.05, 0.1) is 30.6 Å². The number of hydrogen-bond acceptors (Lipinski definition) is 7. The minimum absolute atomic E-state index is 0.201. The van der Waals surface area contributed by atoms with Crippen molar-refractivity contribution in [3.8, 4) is 5.88 Å². The van der Waals surface area contributed by atoms with Crippen molar-refractivity contribution >= 4 is 28.4 Å². The molecule has 0 bridgehead atoms. The third-order valence-electron chi connectivity index (χ3n) is 5.08. The highest BCUT2D eigenvalue weighted by atomic mass is 16.5. The molecular formula is C21H23N5O3. The summed E-state index contributed by atoms with van der Waals surface area (Å²) in [6.07, 6.45) is 6.45. The number of amides is 1. The molecule has 0 atom stereocenters. The molecule has 1 amide bonds. The number of anilines is 2. The van der Waals surface area contributed by atoms with Crippen molar-refractivity contribution in [1.29, 1.82) is 0 Å². The maximum atomic E-state index is 12.6. The lowest BCUT2D eigenvalue weighted by Crippen LogP contribution is -2.28. The Morgan fingerprint density at radius 1 is 1.10 bits per heavy atom. The van der Waals surface area contributed by atoms with E-state index in [1.54, 1.807) is 36.7 Å². The summed E-state index contributed by atoms with van der Waals surface area (Å²) in [5, 5.41) is 16.7. The number of methoxy groups -OCH3 is 1. The first-order valence-electron chi connectivity index (χ1n) is 9.63. The fraction of sp³-hybridized carbons (Fsp3) is 0.333. The molecule has 4 rings (SSSR count). The summed E-state index contributed by atoms with van der Waals surface area (Å²) in [4.78, 5) is 25.6. The molecule has 0 radical (unpaired) electrons. The first kappa shape index (κ1) is 19.1. The minimum Gasteiger partial charge on any atom is -0.481 e. The van der Waals surface area contributed by atoms with Crippen molar-refractivity contribution in [2.24, 2.45) is 0 Å². The van der Waals surface area contributed by atoms with Gasteiger partial charge in [0, 0.05) is 29.3 Å². The van der Waals surface area contributed by atoms with E-state index in [9.17, 15) is 9.90 Å². The number of aliphatic hydroxyl groups is 1. The number of benzene rings is 1. The Balaban J connectivity index is 1.48. The van der Waals surface area contributed by atoms with Crippen LogP contribution in [0.1, 0.15) is 36.0 Å². The molecule has 0 saturated heterocycles. The Bertz CT molecular complexity index is 1000. The van der Waals surface area contributed by atoms with Gasteiger partial charge in [-0.05, 0) is 43.9 Å². The number of fused-ring (bicyclic) bond motifs is 1. The van der Waals surface area contributed by atoms with E-state index in [2.05, 4.69) is 25.6 Å². The van der Waals surface area contributed by atoms with Crippen LogP contribution in [0.3, 0.4) is 0 Å². The second-order valence-electron chi connectivity index (χ2n) is 7.16. The van der Waals surface area contributed by atoms with E-state index >= 15 is 0 Å². The maximum Gasteiger partial charge on any atom is 0.255 e. The van der Waals surface area contributed by atoms with Crippen molar-refractivity contribution in [3.63, 3.8) is 0 Å². The standard InChI is InChI=1S/C21H23N5O3/c1-29-19-9-6-16(12-22-19)24-20(28)13-2-3-14-11-23-21(26-18(14)10-13)25-15-4-7-17(27)8-5-15/h2-3,6,9-12,15,17,27H,4-5,7-8H2,1H3,(H,24,28)(H,23,25,26)/t15-,17-. The van der Waals surface area contributed by atoms with E-state index in [4.69, 9.17) is 4.74 Å². The summed E-state index contributed by atoms with van der Waals surface area (Å²) in [5.41, 5.74) is 1.78. The number of nitrogens with zero attached hydrogens (tertiary/aromatic N) is 3. The van der Waals surface area contributed by atoms with Crippen LogP contribution < -0.4 is 15.4 Å². The molecule has 1 aliphatic carbocycles. The molecule has 1 fully saturated rings. The Morgan fingerprint density at radius 2 is 1.93 bits per heavy atom. The van der Waals surface area contributed by atoms with E-state index in [1.165, 1.54) is 7.11 Å². The van der Waals surface area contributed by atoms with Crippen LogP contribution in [0.25, 0.3) is 10.9 Å². The quantitative estimate of drug-likeness (QED) is 0.611. The predicted molar refractivity (Wildman–Crippen MR) is 110 cm³/mol. The van der Waals surface area contributed by atoms with Gasteiger partial charge in [0.2, 0.25) is 11.8 Å². The van der Waals surface area contributed by atoms with Crippen LogP contribution >= 0.6 is 0 Å². The van der Waals surface area contributed by atoms with Crippen molar-refractivity contribution in [3.05, 3.63) is 48.3 Å². The topological polar surface area (TPSA) is 109 Å². The minimum atomic E-state index is -0.242. The fourth-order valence-corrected chi connectivity index (χ4v) is 3.42. The molecule has 0 unspecified atom stereocenters. The highest BCUT2D eigenvalue weighted by Gasteiger charge is 2.20. The average Bonchev–Trinajstić information content (AvgIpc) is 2.75. The van der Waals surface area contributed by atoms with E-state index in [1.807, 2.05) is 6.07 Å². The van der Waals surface area contributed by atoms with Gasteiger partial charge in [-0.1, -0.05) is 6.07 Å². The molecule has 0 aliphatic heterocycles. The molecular weight excluding hydrogens is 370 g/mol. The molecule has 8 nitrogen and oxygen atoms in total. The Morgan fingerprint density at radius 3 is 2.66 bits per heavy atom. The molecule has 29 heavy (non-hydrogen) atoms. The number of pyridine rings is 1. The van der Waals surface area contributed by atoms with Gasteiger partial charge in [-0.3, -0.25) is 4.79 Å². The summed E-state index contributed by atoms with van der Waals surface area (Å²) < 4.78 is 5.02. The summed E-state index contributed by atoms with van der Waals surface area (Å²) in [5.74, 6) is 0.780. The Hall–Kier alpha value is -3.26. The number of carbonyl (C=O) groups excluding carboxylic acids is 1. The van der Waals surface area contributed by atoms with E-state index in [0.29, 0.717) is 28.6 Å². The zero-order chi connectivity index (χ0) is 20.2. The molecule has 0 spiro atoms. The van der Waals surface area contributed by atoms with Crippen molar-refractivity contribution < 1.29 is 14.6 Å². The van der Waals surface area contributed by atoms with Gasteiger partial charge in [-0.2, -0.15) is 0 Å². The van der Waals surface area contributed by atoms with Gasteiger partial charge in [0.15, 0.2) is 0 Å². The van der Waals surface area contributed by atoms with Gasteiger partial charge in [-0.15, -0.1) is 0 Å². The van der Waals surface area contributed by atoms with Gasteiger partial charge >= 0.3 is 0 Å². The van der Waals surface area contributed by atoms with Crippen molar-refractivity contribution in [2.75, 3.05) is 17.7 Å². The molecule has 1 aromatic carbocycles. The molecule has 2 aromatic heterocycles. The number of aromatic nitrogens is 3. The molecule has 3 N–H and O–H groups in total. The first-order chi connectivity index (χ1) is 14.1. The lowest BCUT2D eigenvalue weighted by molar-refractivity contribution is 0.102. The molecule has 3 aromatic rings. The Kier molecular flexibility index (Phi) is 5.53. The number of ether oxygens (including phenoxy) is 1. The van der Waals surface area contributed by atoms with Crippen LogP contribution in [-0.2, 0) is 0 Å². The van der Waals surface area contributed by atoms with Gasteiger partial charge in [0.25, 0.3) is 5.91 Å². The number of rotatable bonds is 5. The second-order valence-corrected chi connectivity index (χ2v) is 7.16. The van der Waals surface area contributed by atoms with Crippen molar-refractivity contribution in [1.82, 2.24) is 15.0 Å². The molecule has 1 saturated carbocycles. The number of nitrogens with one attached hydrogen (secondary N) is 2. The van der Waals surface area contributed by atoms with Crippen molar-refractivity contribution in [2.45, 2.75) is 37.8 Å². The van der Waals surface area contributed by atoms with Gasteiger partial charge in [-0.25, -0.2) is 15.0 Å². The predicted octanol–water partition coefficient (Wildman–Crippen LogP) is 3.00. The molecule has 2 heterocycles. The second kappa shape index (κ2) is 8.40. The lowest BCUT2D eigenvalue weighted by atomic mass is 9.93. The van der Waals surface area contributed by atoms with Crippen LogP contribution in [0, 0.1) is 0 Å². The normalized spacial score (nSPS) is 19.0. The third kappa shape index (κ3) is 4.60. The summed E-state index contributed by atoms with van der Waals surface area (Å²) in [7, 11) is 1.54. The first-order valence-corrected chi connectivity index (χ1v) is 9.63. The number of hydrogen-bond donors (Lipinski definition) is 3. The summed E-state index contributed by atoms with van der Waals surface area (Å²) >= 11 is 0. The average molecular weight is 393 g/mol. The van der Waals surface area contributed by atoms with Crippen LogP contribution in [0.2, 0.25) is 0 Å². The molecule has 150 valence electrons. The van der Waals surface area contributed by atoms with E-state index in [0.717, 1.165) is 31.1 Å². The zero-order valence-electron chi connectivity index (χ0n) is 16.1. The van der Waals surface area contributed by atoms with Crippen LogP contribution in [0.5, 0.6) is 5.88 Å². The molecule has 1 aliphatic rings. The monoisotopic (exact) mass is 393 g/mol. The SMILES string of the molecule is COc1ccc(NC(=O)c2ccc3cnc(N[C@H]4CC[C@H](O)CC4)nc3c2)cn1.